The maximum Gasteiger partial charge on any atom is 0.248 e. The van der Waals surface area contributed by atoms with E-state index in [-0.39, 0.29) is 23.9 Å². The third-order valence-electron chi connectivity index (χ3n) is 4.18. The molecule has 0 aliphatic carbocycles. The molecular formula is C16H24N2O2S. The fraction of sp³-hybridized carbons (Fsp3) is 0.625. The van der Waals surface area contributed by atoms with Crippen molar-refractivity contribution in [2.45, 2.75) is 65.6 Å². The van der Waals surface area contributed by atoms with Crippen molar-refractivity contribution in [3.8, 4) is 0 Å². The summed E-state index contributed by atoms with van der Waals surface area (Å²) in [6.45, 7) is 11.6. The van der Waals surface area contributed by atoms with Crippen LogP contribution in [0.25, 0.3) is 0 Å². The highest BCUT2D eigenvalue weighted by molar-refractivity contribution is 7.12. The zero-order valence-electron chi connectivity index (χ0n) is 13.6. The van der Waals surface area contributed by atoms with Crippen molar-refractivity contribution in [3.05, 3.63) is 21.4 Å². The lowest BCUT2D eigenvalue weighted by Gasteiger charge is -2.45. The molecule has 116 valence electrons. The molecule has 0 saturated carbocycles. The summed E-state index contributed by atoms with van der Waals surface area (Å²) in [4.78, 5) is 29.3. The minimum atomic E-state index is -0.837. The number of carbonyl (C=O) groups excluding carboxylic acids is 2. The predicted molar refractivity (Wildman–Crippen MR) is 85.4 cm³/mol. The van der Waals surface area contributed by atoms with Crippen molar-refractivity contribution in [1.82, 2.24) is 10.2 Å². The van der Waals surface area contributed by atoms with E-state index in [9.17, 15) is 9.59 Å². The van der Waals surface area contributed by atoms with Crippen molar-refractivity contribution in [3.63, 3.8) is 0 Å². The highest BCUT2D eigenvalue weighted by Crippen LogP contribution is 2.34. The average molecular weight is 308 g/mol. The fourth-order valence-electron chi connectivity index (χ4n) is 3.08. The SMILES string of the molecule is CCC1C(=O)NC(C)(C)C(=O)N1C(C)c1cc(C)sc1C. The lowest BCUT2D eigenvalue weighted by Crippen LogP contribution is -2.68. The smallest absolute Gasteiger partial charge is 0.248 e. The molecule has 4 nitrogen and oxygen atoms in total. The molecule has 21 heavy (non-hydrogen) atoms. The normalized spacial score (nSPS) is 23.1. The van der Waals surface area contributed by atoms with Crippen LogP contribution >= 0.6 is 11.3 Å². The molecule has 1 aromatic heterocycles. The van der Waals surface area contributed by atoms with Crippen molar-refractivity contribution in [2.24, 2.45) is 0 Å². The van der Waals surface area contributed by atoms with Gasteiger partial charge in [-0.2, -0.15) is 0 Å². The van der Waals surface area contributed by atoms with Gasteiger partial charge in [0, 0.05) is 9.75 Å². The molecule has 0 bridgehead atoms. The lowest BCUT2D eigenvalue weighted by atomic mass is 9.92. The van der Waals surface area contributed by atoms with Gasteiger partial charge < -0.3 is 10.2 Å². The van der Waals surface area contributed by atoms with Crippen LogP contribution in [0.5, 0.6) is 0 Å². The van der Waals surface area contributed by atoms with Crippen LogP contribution < -0.4 is 5.32 Å². The van der Waals surface area contributed by atoms with Crippen LogP contribution in [0.3, 0.4) is 0 Å². The molecule has 2 unspecified atom stereocenters. The van der Waals surface area contributed by atoms with Crippen LogP contribution in [0.2, 0.25) is 0 Å². The Hall–Kier alpha value is -1.36. The van der Waals surface area contributed by atoms with Gasteiger partial charge in [-0.3, -0.25) is 9.59 Å². The Labute approximate surface area is 130 Å². The highest BCUT2D eigenvalue weighted by Gasteiger charge is 2.46. The van der Waals surface area contributed by atoms with E-state index in [1.165, 1.54) is 9.75 Å². The Morgan fingerprint density at radius 3 is 2.48 bits per heavy atom. The quantitative estimate of drug-likeness (QED) is 0.933. The summed E-state index contributed by atoms with van der Waals surface area (Å²) in [6.07, 6.45) is 0.625. The summed E-state index contributed by atoms with van der Waals surface area (Å²) >= 11 is 1.73. The van der Waals surface area contributed by atoms with E-state index in [4.69, 9.17) is 0 Å². The monoisotopic (exact) mass is 308 g/mol. The van der Waals surface area contributed by atoms with Crippen LogP contribution in [0.1, 0.15) is 55.5 Å². The maximum atomic E-state index is 12.8. The van der Waals surface area contributed by atoms with Gasteiger partial charge in [0.05, 0.1) is 6.04 Å². The van der Waals surface area contributed by atoms with Gasteiger partial charge in [-0.15, -0.1) is 11.3 Å². The van der Waals surface area contributed by atoms with Gasteiger partial charge in [-0.25, -0.2) is 0 Å². The predicted octanol–water partition coefficient (Wildman–Crippen LogP) is 2.94. The van der Waals surface area contributed by atoms with Gasteiger partial charge in [0.1, 0.15) is 11.6 Å². The first-order valence-corrected chi connectivity index (χ1v) is 8.22. The first-order valence-electron chi connectivity index (χ1n) is 7.40. The molecule has 1 aliphatic heterocycles. The molecule has 1 aliphatic rings. The standard InChI is InChI=1S/C16H24N2O2S/c1-7-13-14(19)17-16(5,6)15(20)18(13)10(3)12-8-9(2)21-11(12)4/h8,10,13H,7H2,1-6H3,(H,17,19). The van der Waals surface area contributed by atoms with Gasteiger partial charge in [0.15, 0.2) is 0 Å². The van der Waals surface area contributed by atoms with E-state index in [0.717, 1.165) is 5.56 Å². The topological polar surface area (TPSA) is 49.4 Å². The first-order chi connectivity index (χ1) is 9.69. The second-order valence-electron chi connectivity index (χ2n) is 6.30. The third-order valence-corrected chi connectivity index (χ3v) is 5.16. The molecule has 2 amide bonds. The summed E-state index contributed by atoms with van der Waals surface area (Å²) in [5.41, 5.74) is 0.311. The second-order valence-corrected chi connectivity index (χ2v) is 7.76. The molecule has 0 aromatic carbocycles. The largest absolute Gasteiger partial charge is 0.340 e. The summed E-state index contributed by atoms with van der Waals surface area (Å²) in [6, 6.07) is 1.65. The van der Waals surface area contributed by atoms with Crippen LogP contribution in [0.4, 0.5) is 0 Å². The molecule has 1 saturated heterocycles. The van der Waals surface area contributed by atoms with E-state index >= 15 is 0 Å². The van der Waals surface area contributed by atoms with E-state index in [1.54, 1.807) is 30.1 Å². The number of hydrogen-bond acceptors (Lipinski definition) is 3. The zero-order valence-corrected chi connectivity index (χ0v) is 14.4. The molecule has 0 radical (unpaired) electrons. The molecule has 1 aromatic rings. The number of hydrogen-bond donors (Lipinski definition) is 1. The number of amides is 2. The Bertz CT molecular complexity index is 577. The summed E-state index contributed by atoms with van der Waals surface area (Å²) < 4.78 is 0. The van der Waals surface area contributed by atoms with Gasteiger partial charge in [0.25, 0.3) is 0 Å². The minimum Gasteiger partial charge on any atom is -0.340 e. The summed E-state index contributed by atoms with van der Waals surface area (Å²) in [5.74, 6) is -0.0664. The molecule has 5 heteroatoms. The molecule has 2 rings (SSSR count). The Morgan fingerprint density at radius 1 is 1.38 bits per heavy atom. The number of nitrogens with one attached hydrogen (secondary N) is 1. The maximum absolute atomic E-state index is 12.8. The number of nitrogens with zero attached hydrogens (tertiary/aromatic N) is 1. The van der Waals surface area contributed by atoms with E-state index < -0.39 is 5.54 Å². The van der Waals surface area contributed by atoms with Gasteiger partial charge in [-0.05, 0) is 52.7 Å². The van der Waals surface area contributed by atoms with Crippen molar-refractivity contribution in [1.29, 1.82) is 0 Å². The summed E-state index contributed by atoms with van der Waals surface area (Å²) in [5, 5.41) is 2.84. The van der Waals surface area contributed by atoms with E-state index in [0.29, 0.717) is 6.42 Å². The molecule has 0 spiro atoms. The van der Waals surface area contributed by atoms with Crippen molar-refractivity contribution >= 4 is 23.2 Å². The number of aryl methyl sites for hydroxylation is 2. The van der Waals surface area contributed by atoms with Gasteiger partial charge >= 0.3 is 0 Å². The molecular weight excluding hydrogens is 284 g/mol. The Morgan fingerprint density at radius 2 is 2.00 bits per heavy atom. The van der Waals surface area contributed by atoms with Gasteiger partial charge in [-0.1, -0.05) is 6.92 Å². The minimum absolute atomic E-state index is 0.00953. The molecule has 2 heterocycles. The van der Waals surface area contributed by atoms with Crippen LogP contribution in [-0.2, 0) is 9.59 Å². The summed E-state index contributed by atoms with van der Waals surface area (Å²) in [7, 11) is 0. The van der Waals surface area contributed by atoms with E-state index in [1.807, 2.05) is 13.8 Å². The molecule has 1 fully saturated rings. The number of rotatable bonds is 3. The number of thiophene rings is 1. The lowest BCUT2D eigenvalue weighted by molar-refractivity contribution is -0.156. The molecule has 2 atom stereocenters. The van der Waals surface area contributed by atoms with Gasteiger partial charge in [0.2, 0.25) is 11.8 Å². The van der Waals surface area contributed by atoms with Crippen LogP contribution in [0.15, 0.2) is 6.07 Å². The van der Waals surface area contributed by atoms with Crippen LogP contribution in [0, 0.1) is 13.8 Å². The number of carbonyl (C=O) groups is 2. The first kappa shape index (κ1) is 16.0. The average Bonchev–Trinajstić information content (AvgIpc) is 2.71. The zero-order chi connectivity index (χ0) is 15.9. The Balaban J connectivity index is 2.44. The second kappa shape index (κ2) is 5.44. The highest BCUT2D eigenvalue weighted by atomic mass is 32.1. The van der Waals surface area contributed by atoms with Crippen molar-refractivity contribution < 1.29 is 9.59 Å². The van der Waals surface area contributed by atoms with Crippen molar-refractivity contribution in [2.75, 3.05) is 0 Å². The third kappa shape index (κ3) is 2.71. The fourth-order valence-corrected chi connectivity index (χ4v) is 4.09. The number of piperazine rings is 1. The van der Waals surface area contributed by atoms with Crippen LogP contribution in [-0.4, -0.2) is 28.3 Å². The van der Waals surface area contributed by atoms with E-state index in [2.05, 4.69) is 25.2 Å². The Kier molecular flexibility index (Phi) is 4.15. The molecule has 1 N–H and O–H groups in total.